The van der Waals surface area contributed by atoms with E-state index < -0.39 is 0 Å². The first-order valence-electron chi connectivity index (χ1n) is 5.35. The molecule has 0 saturated heterocycles. The van der Waals surface area contributed by atoms with Crippen LogP contribution in [-0.4, -0.2) is 25.3 Å². The lowest BCUT2D eigenvalue weighted by Crippen LogP contribution is -2.19. The summed E-state index contributed by atoms with van der Waals surface area (Å²) in [6.45, 7) is 9.06. The van der Waals surface area contributed by atoms with Gasteiger partial charge in [-0.05, 0) is 19.3 Å². The minimum Gasteiger partial charge on any atom is -0.463 e. The molecule has 1 atom stereocenters. The average Bonchev–Trinajstić information content (AvgIpc) is 2.12. The van der Waals surface area contributed by atoms with Crippen LogP contribution in [0.3, 0.4) is 0 Å². The van der Waals surface area contributed by atoms with Crippen LogP contribution in [0.1, 0.15) is 40.5 Å². The first kappa shape index (κ1) is 13.4. The monoisotopic (exact) mass is 202 g/mol. The highest BCUT2D eigenvalue weighted by Crippen LogP contribution is 2.04. The van der Waals surface area contributed by atoms with Gasteiger partial charge in [-0.2, -0.15) is 0 Å². The molecule has 1 unspecified atom stereocenters. The molecule has 3 heteroatoms. The summed E-state index contributed by atoms with van der Waals surface area (Å²) in [4.78, 5) is 10.9. The number of carbonyl (C=O) groups excluding carboxylic acids is 1. The SMILES string of the molecule is CCCC(=O)OCCOC(C)C(C)C. The molecule has 0 spiro atoms. The number of rotatable bonds is 7. The normalized spacial score (nSPS) is 12.9. The van der Waals surface area contributed by atoms with E-state index in [0.717, 1.165) is 6.42 Å². The summed E-state index contributed by atoms with van der Waals surface area (Å²) in [5, 5.41) is 0. The van der Waals surface area contributed by atoms with Crippen LogP contribution in [0.25, 0.3) is 0 Å². The number of hydrogen-bond acceptors (Lipinski definition) is 3. The van der Waals surface area contributed by atoms with Crippen LogP contribution in [0.2, 0.25) is 0 Å². The third kappa shape index (κ3) is 6.89. The van der Waals surface area contributed by atoms with E-state index in [1.54, 1.807) is 0 Å². The van der Waals surface area contributed by atoms with Gasteiger partial charge in [0.2, 0.25) is 0 Å². The number of carbonyl (C=O) groups is 1. The van der Waals surface area contributed by atoms with Gasteiger partial charge < -0.3 is 9.47 Å². The van der Waals surface area contributed by atoms with E-state index in [2.05, 4.69) is 13.8 Å². The topological polar surface area (TPSA) is 35.5 Å². The zero-order chi connectivity index (χ0) is 11.0. The van der Waals surface area contributed by atoms with Gasteiger partial charge in [0.25, 0.3) is 0 Å². The van der Waals surface area contributed by atoms with Crippen LogP contribution in [0.15, 0.2) is 0 Å². The van der Waals surface area contributed by atoms with Crippen LogP contribution in [0.5, 0.6) is 0 Å². The van der Waals surface area contributed by atoms with Crippen molar-refractivity contribution in [2.45, 2.75) is 46.6 Å². The molecule has 0 bridgehead atoms. The molecule has 0 saturated carbocycles. The van der Waals surface area contributed by atoms with Gasteiger partial charge in [-0.1, -0.05) is 20.8 Å². The van der Waals surface area contributed by atoms with Crippen molar-refractivity contribution in [3.05, 3.63) is 0 Å². The molecule has 0 radical (unpaired) electrons. The molecular formula is C11H22O3. The summed E-state index contributed by atoms with van der Waals surface area (Å²) in [5.74, 6) is 0.370. The lowest BCUT2D eigenvalue weighted by atomic mass is 10.1. The number of ether oxygens (including phenoxy) is 2. The maximum Gasteiger partial charge on any atom is 0.305 e. The minimum atomic E-state index is -0.131. The molecule has 0 heterocycles. The predicted molar refractivity (Wildman–Crippen MR) is 56.1 cm³/mol. The van der Waals surface area contributed by atoms with E-state index in [0.29, 0.717) is 25.6 Å². The molecule has 3 nitrogen and oxygen atoms in total. The Hall–Kier alpha value is -0.570. The van der Waals surface area contributed by atoms with E-state index in [-0.39, 0.29) is 12.1 Å². The van der Waals surface area contributed by atoms with E-state index in [1.807, 2.05) is 13.8 Å². The van der Waals surface area contributed by atoms with Gasteiger partial charge in [-0.3, -0.25) is 4.79 Å². The van der Waals surface area contributed by atoms with Crippen LogP contribution in [-0.2, 0) is 14.3 Å². The molecule has 84 valence electrons. The second-order valence-corrected chi connectivity index (χ2v) is 3.79. The fourth-order valence-corrected chi connectivity index (χ4v) is 0.858. The molecule has 0 aromatic rings. The lowest BCUT2D eigenvalue weighted by Gasteiger charge is -2.16. The van der Waals surface area contributed by atoms with E-state index in [4.69, 9.17) is 9.47 Å². The molecular weight excluding hydrogens is 180 g/mol. The Labute approximate surface area is 86.8 Å². The molecule has 0 aliphatic rings. The van der Waals surface area contributed by atoms with Crippen LogP contribution >= 0.6 is 0 Å². The van der Waals surface area contributed by atoms with Crippen molar-refractivity contribution in [2.24, 2.45) is 5.92 Å². The fraction of sp³-hybridized carbons (Fsp3) is 0.909. The van der Waals surface area contributed by atoms with Gasteiger partial charge in [0.15, 0.2) is 0 Å². The summed E-state index contributed by atoms with van der Waals surface area (Å²) >= 11 is 0. The summed E-state index contributed by atoms with van der Waals surface area (Å²) in [6.07, 6.45) is 1.56. The van der Waals surface area contributed by atoms with Crippen molar-refractivity contribution in [3.63, 3.8) is 0 Å². The first-order valence-corrected chi connectivity index (χ1v) is 5.35. The Morgan fingerprint density at radius 1 is 1.21 bits per heavy atom. The van der Waals surface area contributed by atoms with Crippen molar-refractivity contribution in [2.75, 3.05) is 13.2 Å². The average molecular weight is 202 g/mol. The molecule has 0 amide bonds. The van der Waals surface area contributed by atoms with Gasteiger partial charge in [0, 0.05) is 6.42 Å². The second kappa shape index (κ2) is 7.80. The Kier molecular flexibility index (Phi) is 7.48. The molecule has 14 heavy (non-hydrogen) atoms. The predicted octanol–water partition coefficient (Wildman–Crippen LogP) is 2.39. The van der Waals surface area contributed by atoms with Gasteiger partial charge >= 0.3 is 5.97 Å². The van der Waals surface area contributed by atoms with Crippen LogP contribution in [0.4, 0.5) is 0 Å². The minimum absolute atomic E-state index is 0.131. The second-order valence-electron chi connectivity index (χ2n) is 3.79. The third-order valence-corrected chi connectivity index (χ3v) is 2.12. The quantitative estimate of drug-likeness (QED) is 0.469. The Bertz CT molecular complexity index is 155. The van der Waals surface area contributed by atoms with Gasteiger partial charge in [0.1, 0.15) is 6.61 Å². The molecule has 0 aliphatic heterocycles. The van der Waals surface area contributed by atoms with Crippen LogP contribution < -0.4 is 0 Å². The van der Waals surface area contributed by atoms with Crippen molar-refractivity contribution in [1.82, 2.24) is 0 Å². The fourth-order valence-electron chi connectivity index (χ4n) is 0.858. The van der Waals surface area contributed by atoms with Crippen molar-refractivity contribution < 1.29 is 14.3 Å². The Balaban J connectivity index is 3.33. The van der Waals surface area contributed by atoms with Crippen molar-refractivity contribution >= 4 is 5.97 Å². The summed E-state index contributed by atoms with van der Waals surface area (Å²) < 4.78 is 10.4. The van der Waals surface area contributed by atoms with Gasteiger partial charge in [0.05, 0.1) is 12.7 Å². The van der Waals surface area contributed by atoms with Gasteiger partial charge in [-0.15, -0.1) is 0 Å². The highest BCUT2D eigenvalue weighted by Gasteiger charge is 2.07. The van der Waals surface area contributed by atoms with Crippen molar-refractivity contribution in [1.29, 1.82) is 0 Å². The number of hydrogen-bond donors (Lipinski definition) is 0. The highest BCUT2D eigenvalue weighted by molar-refractivity contribution is 5.69. The molecule has 0 aromatic heterocycles. The molecule has 0 aliphatic carbocycles. The molecule has 0 rings (SSSR count). The van der Waals surface area contributed by atoms with E-state index >= 15 is 0 Å². The van der Waals surface area contributed by atoms with Gasteiger partial charge in [-0.25, -0.2) is 0 Å². The highest BCUT2D eigenvalue weighted by atomic mass is 16.6. The first-order chi connectivity index (χ1) is 6.57. The van der Waals surface area contributed by atoms with Crippen molar-refractivity contribution in [3.8, 4) is 0 Å². The van der Waals surface area contributed by atoms with E-state index in [9.17, 15) is 4.79 Å². The number of esters is 1. The zero-order valence-corrected chi connectivity index (χ0v) is 9.71. The maximum atomic E-state index is 10.9. The Morgan fingerprint density at radius 2 is 1.86 bits per heavy atom. The van der Waals surface area contributed by atoms with Crippen LogP contribution in [0, 0.1) is 5.92 Å². The summed E-state index contributed by atoms with van der Waals surface area (Å²) in [5.41, 5.74) is 0. The summed E-state index contributed by atoms with van der Waals surface area (Å²) in [6, 6.07) is 0. The standard InChI is InChI=1S/C11H22O3/c1-5-6-11(12)14-8-7-13-10(4)9(2)3/h9-10H,5-8H2,1-4H3. The molecule has 0 aromatic carbocycles. The zero-order valence-electron chi connectivity index (χ0n) is 9.71. The largest absolute Gasteiger partial charge is 0.463 e. The third-order valence-electron chi connectivity index (χ3n) is 2.12. The Morgan fingerprint density at radius 3 is 2.36 bits per heavy atom. The smallest absolute Gasteiger partial charge is 0.305 e. The molecule has 0 fully saturated rings. The maximum absolute atomic E-state index is 10.9. The summed E-state index contributed by atoms with van der Waals surface area (Å²) in [7, 11) is 0. The molecule has 0 N–H and O–H groups in total. The van der Waals surface area contributed by atoms with E-state index in [1.165, 1.54) is 0 Å². The lowest BCUT2D eigenvalue weighted by molar-refractivity contribution is -0.146.